The van der Waals surface area contributed by atoms with Crippen LogP contribution in [-0.4, -0.2) is 10.2 Å². The second kappa shape index (κ2) is 8.61. The zero-order valence-electron chi connectivity index (χ0n) is 12.3. The van der Waals surface area contributed by atoms with E-state index in [2.05, 4.69) is 6.58 Å². The van der Waals surface area contributed by atoms with Crippen LogP contribution in [-0.2, 0) is 19.4 Å². The SMILES string of the molecule is C=C(CCc1ccc(O)cc1)Cc1ccccc1CO.P. The number of phenolic OH excluding ortho intramolecular Hbond substituents is 1. The van der Waals surface area contributed by atoms with Crippen molar-refractivity contribution in [3.63, 3.8) is 0 Å². The molecule has 2 aromatic rings. The summed E-state index contributed by atoms with van der Waals surface area (Å²) in [6.07, 6.45) is 2.62. The molecule has 0 aromatic heterocycles. The van der Waals surface area contributed by atoms with Crippen LogP contribution in [0.3, 0.4) is 0 Å². The molecule has 0 heterocycles. The standard InChI is InChI=1S/C18H20O2.H3P/c1-14(6-7-15-8-10-18(20)11-9-15)12-16-4-2-3-5-17(16)13-19;/h2-5,8-11,19-20H,1,6-7,12-13H2;1H3. The zero-order chi connectivity index (χ0) is 14.4. The maximum atomic E-state index is 9.31. The van der Waals surface area contributed by atoms with Crippen LogP contribution in [0.25, 0.3) is 0 Å². The van der Waals surface area contributed by atoms with Gasteiger partial charge in [0, 0.05) is 0 Å². The van der Waals surface area contributed by atoms with E-state index in [1.54, 1.807) is 12.1 Å². The summed E-state index contributed by atoms with van der Waals surface area (Å²) < 4.78 is 0. The van der Waals surface area contributed by atoms with Crippen molar-refractivity contribution in [2.45, 2.75) is 25.9 Å². The summed E-state index contributed by atoms with van der Waals surface area (Å²) in [4.78, 5) is 0. The second-order valence-corrected chi connectivity index (χ2v) is 5.02. The fraction of sp³-hybridized carbons (Fsp3) is 0.222. The first-order chi connectivity index (χ1) is 9.69. The largest absolute Gasteiger partial charge is 0.508 e. The van der Waals surface area contributed by atoms with Crippen LogP contribution in [0.4, 0.5) is 0 Å². The molecule has 1 atom stereocenters. The van der Waals surface area contributed by atoms with Gasteiger partial charge in [0.1, 0.15) is 5.75 Å². The molecule has 2 rings (SSSR count). The van der Waals surface area contributed by atoms with Crippen molar-refractivity contribution >= 4 is 9.90 Å². The highest BCUT2D eigenvalue weighted by Gasteiger charge is 2.03. The Bertz CT molecular complexity index is 576. The Labute approximate surface area is 129 Å². The number of phenols is 1. The van der Waals surface area contributed by atoms with Crippen molar-refractivity contribution in [3.8, 4) is 5.75 Å². The number of benzene rings is 2. The van der Waals surface area contributed by atoms with Gasteiger partial charge in [0.15, 0.2) is 0 Å². The van der Waals surface area contributed by atoms with Gasteiger partial charge in [-0.1, -0.05) is 48.6 Å². The maximum Gasteiger partial charge on any atom is 0.115 e. The van der Waals surface area contributed by atoms with Crippen LogP contribution in [0.5, 0.6) is 5.75 Å². The van der Waals surface area contributed by atoms with E-state index in [9.17, 15) is 10.2 Å². The molecule has 0 saturated heterocycles. The van der Waals surface area contributed by atoms with Gasteiger partial charge in [0.2, 0.25) is 0 Å². The van der Waals surface area contributed by atoms with E-state index >= 15 is 0 Å². The van der Waals surface area contributed by atoms with Crippen molar-refractivity contribution in [1.29, 1.82) is 0 Å². The topological polar surface area (TPSA) is 40.5 Å². The molecule has 0 bridgehead atoms. The Balaban J connectivity index is 0.00000220. The fourth-order valence-electron chi connectivity index (χ4n) is 2.23. The molecule has 112 valence electrons. The smallest absolute Gasteiger partial charge is 0.115 e. The van der Waals surface area contributed by atoms with Gasteiger partial charge in [-0.3, -0.25) is 0 Å². The van der Waals surface area contributed by atoms with E-state index in [-0.39, 0.29) is 16.5 Å². The number of hydrogen-bond acceptors (Lipinski definition) is 2. The van der Waals surface area contributed by atoms with E-state index in [0.29, 0.717) is 5.75 Å². The van der Waals surface area contributed by atoms with Gasteiger partial charge in [0.25, 0.3) is 0 Å². The maximum absolute atomic E-state index is 9.31. The number of rotatable bonds is 6. The minimum Gasteiger partial charge on any atom is -0.508 e. The minimum atomic E-state index is 0. The van der Waals surface area contributed by atoms with E-state index in [4.69, 9.17) is 0 Å². The highest BCUT2D eigenvalue weighted by atomic mass is 31.0. The lowest BCUT2D eigenvalue weighted by Gasteiger charge is -2.10. The second-order valence-electron chi connectivity index (χ2n) is 5.02. The quantitative estimate of drug-likeness (QED) is 0.631. The molecule has 0 aliphatic rings. The van der Waals surface area contributed by atoms with Crippen molar-refractivity contribution < 1.29 is 10.2 Å². The van der Waals surface area contributed by atoms with E-state index in [1.165, 1.54) is 5.56 Å². The molecule has 0 saturated carbocycles. The van der Waals surface area contributed by atoms with Gasteiger partial charge < -0.3 is 10.2 Å². The van der Waals surface area contributed by atoms with Gasteiger partial charge in [-0.15, -0.1) is 0 Å². The Morgan fingerprint density at radius 3 is 2.19 bits per heavy atom. The Hall–Kier alpha value is -1.63. The first kappa shape index (κ1) is 17.4. The van der Waals surface area contributed by atoms with Gasteiger partial charge in [-0.2, -0.15) is 9.90 Å². The van der Waals surface area contributed by atoms with Crippen LogP contribution in [0.2, 0.25) is 0 Å². The molecule has 0 fully saturated rings. The van der Waals surface area contributed by atoms with Gasteiger partial charge in [-0.05, 0) is 48.1 Å². The molecule has 2 aromatic carbocycles. The number of allylic oxidation sites excluding steroid dienone is 1. The summed E-state index contributed by atoms with van der Waals surface area (Å²) >= 11 is 0. The third-order valence-electron chi connectivity index (χ3n) is 3.43. The normalized spacial score (nSPS) is 9.95. The molecule has 0 aliphatic carbocycles. The average Bonchev–Trinajstić information content (AvgIpc) is 2.47. The molecule has 21 heavy (non-hydrogen) atoms. The summed E-state index contributed by atoms with van der Waals surface area (Å²) in [6.45, 7) is 4.20. The predicted octanol–water partition coefficient (Wildman–Crippen LogP) is 3.67. The zero-order valence-corrected chi connectivity index (χ0v) is 13.7. The van der Waals surface area contributed by atoms with Crippen LogP contribution < -0.4 is 0 Å². The average molecular weight is 302 g/mol. The molecule has 2 N–H and O–H groups in total. The first-order valence-corrected chi connectivity index (χ1v) is 6.81. The first-order valence-electron chi connectivity index (χ1n) is 6.81. The molecule has 3 heteroatoms. The van der Waals surface area contributed by atoms with Gasteiger partial charge in [0.05, 0.1) is 6.61 Å². The highest BCUT2D eigenvalue weighted by Crippen LogP contribution is 2.18. The van der Waals surface area contributed by atoms with Crippen LogP contribution >= 0.6 is 9.90 Å². The number of aliphatic hydroxyl groups is 1. The summed E-state index contributed by atoms with van der Waals surface area (Å²) in [5.41, 5.74) is 4.46. The lowest BCUT2D eigenvalue weighted by Crippen LogP contribution is -1.97. The van der Waals surface area contributed by atoms with Crippen molar-refractivity contribution in [2.75, 3.05) is 0 Å². The number of aliphatic hydroxyl groups excluding tert-OH is 1. The summed E-state index contributed by atoms with van der Waals surface area (Å²) in [6, 6.07) is 15.2. The third-order valence-corrected chi connectivity index (χ3v) is 3.43. The van der Waals surface area contributed by atoms with Gasteiger partial charge in [-0.25, -0.2) is 0 Å². The van der Waals surface area contributed by atoms with Crippen LogP contribution in [0.15, 0.2) is 60.7 Å². The minimum absolute atomic E-state index is 0. The Morgan fingerprint density at radius 1 is 0.952 bits per heavy atom. The molecular weight excluding hydrogens is 279 g/mol. The molecular formula is C18H23O2P. The summed E-state index contributed by atoms with van der Waals surface area (Å²) in [5.74, 6) is 0.296. The predicted molar refractivity (Wildman–Crippen MR) is 92.7 cm³/mol. The monoisotopic (exact) mass is 302 g/mol. The van der Waals surface area contributed by atoms with E-state index in [0.717, 1.165) is 36.0 Å². The van der Waals surface area contributed by atoms with Crippen LogP contribution in [0.1, 0.15) is 23.1 Å². The molecule has 0 aliphatic heterocycles. The lowest BCUT2D eigenvalue weighted by molar-refractivity contribution is 0.281. The van der Waals surface area contributed by atoms with Crippen LogP contribution in [0, 0.1) is 0 Å². The fourth-order valence-corrected chi connectivity index (χ4v) is 2.23. The van der Waals surface area contributed by atoms with E-state index < -0.39 is 0 Å². The lowest BCUT2D eigenvalue weighted by atomic mass is 9.97. The summed E-state index contributed by atoms with van der Waals surface area (Å²) in [5, 5.41) is 18.6. The van der Waals surface area contributed by atoms with Crippen molar-refractivity contribution in [3.05, 3.63) is 77.4 Å². The number of aryl methyl sites for hydroxylation is 1. The summed E-state index contributed by atoms with van der Waals surface area (Å²) in [7, 11) is 0. The number of aromatic hydroxyl groups is 1. The Morgan fingerprint density at radius 2 is 1.57 bits per heavy atom. The van der Waals surface area contributed by atoms with Gasteiger partial charge >= 0.3 is 0 Å². The number of hydrogen-bond donors (Lipinski definition) is 2. The molecule has 1 unspecified atom stereocenters. The third kappa shape index (κ3) is 5.34. The van der Waals surface area contributed by atoms with E-state index in [1.807, 2.05) is 36.4 Å². The highest BCUT2D eigenvalue weighted by molar-refractivity contribution is 6.92. The molecule has 0 amide bonds. The Kier molecular flexibility index (Phi) is 7.14. The molecule has 0 spiro atoms. The van der Waals surface area contributed by atoms with Crippen molar-refractivity contribution in [1.82, 2.24) is 0 Å². The van der Waals surface area contributed by atoms with Crippen molar-refractivity contribution in [2.24, 2.45) is 0 Å². The molecule has 2 nitrogen and oxygen atoms in total. The molecule has 0 radical (unpaired) electrons.